The SMILES string of the molecule is O=C(CN1CCN(c2ccc(F)cc2)C1=O)N1CCC2(CC1)OCCO2. The number of nitrogens with zero attached hydrogens (tertiary/aromatic N) is 3. The van der Waals surface area contributed by atoms with Gasteiger partial charge in [0.1, 0.15) is 12.4 Å². The Labute approximate surface area is 151 Å². The summed E-state index contributed by atoms with van der Waals surface area (Å²) in [5, 5.41) is 0. The molecular weight excluding hydrogens is 341 g/mol. The molecule has 140 valence electrons. The van der Waals surface area contributed by atoms with Crippen molar-refractivity contribution in [2.45, 2.75) is 18.6 Å². The molecule has 0 radical (unpaired) electrons. The van der Waals surface area contributed by atoms with Crippen molar-refractivity contribution in [3.05, 3.63) is 30.1 Å². The van der Waals surface area contributed by atoms with Crippen LogP contribution >= 0.6 is 0 Å². The van der Waals surface area contributed by atoms with Gasteiger partial charge in [0.05, 0.1) is 13.2 Å². The number of ether oxygens (including phenoxy) is 2. The van der Waals surface area contributed by atoms with E-state index in [-0.39, 0.29) is 24.3 Å². The van der Waals surface area contributed by atoms with Gasteiger partial charge in [-0.15, -0.1) is 0 Å². The molecule has 7 nitrogen and oxygen atoms in total. The van der Waals surface area contributed by atoms with Crippen LogP contribution in [0.25, 0.3) is 0 Å². The number of carbonyl (C=O) groups excluding carboxylic acids is 2. The van der Waals surface area contributed by atoms with Crippen LogP contribution in [0.4, 0.5) is 14.9 Å². The number of urea groups is 1. The third-order valence-electron chi connectivity index (χ3n) is 5.25. The van der Waals surface area contributed by atoms with Gasteiger partial charge in [0.2, 0.25) is 5.91 Å². The van der Waals surface area contributed by atoms with Gasteiger partial charge in [-0.05, 0) is 24.3 Å². The summed E-state index contributed by atoms with van der Waals surface area (Å²) in [6.45, 7) is 3.38. The van der Waals surface area contributed by atoms with Gasteiger partial charge in [0.25, 0.3) is 0 Å². The number of anilines is 1. The molecular formula is C18H22FN3O4. The normalized spacial score (nSPS) is 22.5. The van der Waals surface area contributed by atoms with E-state index >= 15 is 0 Å². The lowest BCUT2D eigenvalue weighted by atomic mass is 10.0. The van der Waals surface area contributed by atoms with Gasteiger partial charge in [-0.1, -0.05) is 0 Å². The quantitative estimate of drug-likeness (QED) is 0.815. The molecule has 3 fully saturated rings. The zero-order chi connectivity index (χ0) is 18.1. The van der Waals surface area contributed by atoms with Crippen molar-refractivity contribution in [2.24, 2.45) is 0 Å². The van der Waals surface area contributed by atoms with Crippen LogP contribution < -0.4 is 4.90 Å². The lowest BCUT2D eigenvalue weighted by molar-refractivity contribution is -0.187. The lowest BCUT2D eigenvalue weighted by Gasteiger charge is -2.38. The molecule has 0 unspecified atom stereocenters. The van der Waals surface area contributed by atoms with Crippen LogP contribution in [-0.4, -0.2) is 73.5 Å². The van der Waals surface area contributed by atoms with Crippen LogP contribution in [-0.2, 0) is 14.3 Å². The van der Waals surface area contributed by atoms with Crippen molar-refractivity contribution in [1.29, 1.82) is 0 Å². The third-order valence-corrected chi connectivity index (χ3v) is 5.25. The van der Waals surface area contributed by atoms with E-state index in [1.165, 1.54) is 12.1 Å². The number of benzene rings is 1. The Morgan fingerprint density at radius 3 is 2.35 bits per heavy atom. The average molecular weight is 363 g/mol. The number of likely N-dealkylation sites (tertiary alicyclic amines) is 1. The molecule has 3 aliphatic heterocycles. The van der Waals surface area contributed by atoms with Crippen LogP contribution in [0.5, 0.6) is 0 Å². The van der Waals surface area contributed by atoms with Gasteiger partial charge in [-0.2, -0.15) is 0 Å². The fourth-order valence-electron chi connectivity index (χ4n) is 3.74. The molecule has 3 aliphatic rings. The minimum Gasteiger partial charge on any atom is -0.347 e. The number of amides is 3. The van der Waals surface area contributed by atoms with E-state index in [2.05, 4.69) is 0 Å². The average Bonchev–Trinajstić information content (AvgIpc) is 3.24. The minimum absolute atomic E-state index is 0.0608. The summed E-state index contributed by atoms with van der Waals surface area (Å²) < 4.78 is 24.4. The van der Waals surface area contributed by atoms with Crippen molar-refractivity contribution >= 4 is 17.6 Å². The topological polar surface area (TPSA) is 62.3 Å². The van der Waals surface area contributed by atoms with Gasteiger partial charge >= 0.3 is 6.03 Å². The lowest BCUT2D eigenvalue weighted by Crippen LogP contribution is -2.50. The first kappa shape index (κ1) is 17.2. The van der Waals surface area contributed by atoms with Gasteiger partial charge < -0.3 is 19.3 Å². The number of hydrogen-bond donors (Lipinski definition) is 0. The van der Waals surface area contributed by atoms with Crippen LogP contribution in [0, 0.1) is 5.82 Å². The molecule has 3 amide bonds. The van der Waals surface area contributed by atoms with Crippen LogP contribution in [0.3, 0.4) is 0 Å². The predicted octanol–water partition coefficient (Wildman–Crippen LogP) is 1.43. The molecule has 8 heteroatoms. The minimum atomic E-state index is -0.514. The molecule has 0 saturated carbocycles. The van der Waals surface area contributed by atoms with E-state index in [1.807, 2.05) is 0 Å². The fourth-order valence-corrected chi connectivity index (χ4v) is 3.74. The molecule has 1 aromatic carbocycles. The summed E-state index contributed by atoms with van der Waals surface area (Å²) in [6, 6.07) is 5.58. The molecule has 1 aromatic rings. The maximum atomic E-state index is 13.1. The van der Waals surface area contributed by atoms with Gasteiger partial charge in [0, 0.05) is 44.7 Å². The summed E-state index contributed by atoms with van der Waals surface area (Å²) in [7, 11) is 0. The molecule has 0 aromatic heterocycles. The standard InChI is InChI=1S/C18H22FN3O4/c19-14-1-3-15(4-2-14)22-10-9-21(17(22)24)13-16(23)20-7-5-18(6-8-20)25-11-12-26-18/h1-4H,5-13H2. The number of halogens is 1. The first-order valence-electron chi connectivity index (χ1n) is 8.94. The Morgan fingerprint density at radius 1 is 1.04 bits per heavy atom. The van der Waals surface area contributed by atoms with Crippen molar-refractivity contribution < 1.29 is 23.5 Å². The molecule has 1 spiro atoms. The molecule has 0 aliphatic carbocycles. The van der Waals surface area contributed by atoms with Crippen LogP contribution in [0.15, 0.2) is 24.3 Å². The highest BCUT2D eigenvalue weighted by Gasteiger charge is 2.41. The van der Waals surface area contributed by atoms with Gasteiger partial charge in [0.15, 0.2) is 5.79 Å². The van der Waals surface area contributed by atoms with Crippen molar-refractivity contribution in [3.63, 3.8) is 0 Å². The second-order valence-electron chi connectivity index (χ2n) is 6.82. The van der Waals surface area contributed by atoms with Crippen molar-refractivity contribution in [2.75, 3.05) is 50.8 Å². The summed E-state index contributed by atoms with van der Waals surface area (Å²) >= 11 is 0. The summed E-state index contributed by atoms with van der Waals surface area (Å²) in [5.41, 5.74) is 0.641. The first-order chi connectivity index (χ1) is 12.6. The third kappa shape index (κ3) is 3.26. The van der Waals surface area contributed by atoms with E-state index in [0.29, 0.717) is 57.9 Å². The van der Waals surface area contributed by atoms with E-state index in [4.69, 9.17) is 9.47 Å². The predicted molar refractivity (Wildman–Crippen MR) is 91.2 cm³/mol. The number of piperidine rings is 1. The second-order valence-corrected chi connectivity index (χ2v) is 6.82. The van der Waals surface area contributed by atoms with E-state index in [0.717, 1.165) is 0 Å². The highest BCUT2D eigenvalue weighted by atomic mass is 19.1. The largest absolute Gasteiger partial charge is 0.347 e. The number of hydrogen-bond acceptors (Lipinski definition) is 4. The number of carbonyl (C=O) groups is 2. The maximum absolute atomic E-state index is 13.1. The highest BCUT2D eigenvalue weighted by molar-refractivity contribution is 5.96. The van der Waals surface area contributed by atoms with Crippen LogP contribution in [0.2, 0.25) is 0 Å². The fraction of sp³-hybridized carbons (Fsp3) is 0.556. The molecule has 4 rings (SSSR count). The second kappa shape index (κ2) is 6.85. The maximum Gasteiger partial charge on any atom is 0.325 e. The van der Waals surface area contributed by atoms with E-state index < -0.39 is 5.79 Å². The van der Waals surface area contributed by atoms with E-state index in [1.54, 1.807) is 26.8 Å². The monoisotopic (exact) mass is 363 g/mol. The Balaban J connectivity index is 1.32. The van der Waals surface area contributed by atoms with Gasteiger partial charge in [-0.3, -0.25) is 9.69 Å². The molecule has 0 bridgehead atoms. The Kier molecular flexibility index (Phi) is 4.54. The van der Waals surface area contributed by atoms with Crippen molar-refractivity contribution in [1.82, 2.24) is 9.80 Å². The Morgan fingerprint density at radius 2 is 1.69 bits per heavy atom. The number of rotatable bonds is 3. The van der Waals surface area contributed by atoms with Crippen molar-refractivity contribution in [3.8, 4) is 0 Å². The molecule has 26 heavy (non-hydrogen) atoms. The molecule has 3 saturated heterocycles. The molecule has 3 heterocycles. The summed E-state index contributed by atoms with van der Waals surface area (Å²) in [4.78, 5) is 30.0. The zero-order valence-electron chi connectivity index (χ0n) is 14.5. The molecule has 0 atom stereocenters. The Hall–Kier alpha value is -2.19. The van der Waals surface area contributed by atoms with Gasteiger partial charge in [-0.25, -0.2) is 9.18 Å². The zero-order valence-corrected chi connectivity index (χ0v) is 14.5. The highest BCUT2D eigenvalue weighted by Crippen LogP contribution is 2.31. The Bertz CT molecular complexity index is 680. The summed E-state index contributed by atoms with van der Waals surface area (Å²) in [5.74, 6) is -0.919. The summed E-state index contributed by atoms with van der Waals surface area (Å²) in [6.07, 6.45) is 1.32. The first-order valence-corrected chi connectivity index (χ1v) is 8.94. The van der Waals surface area contributed by atoms with E-state index in [9.17, 15) is 14.0 Å². The smallest absolute Gasteiger partial charge is 0.325 e. The molecule has 0 N–H and O–H groups in total. The van der Waals surface area contributed by atoms with Crippen LogP contribution in [0.1, 0.15) is 12.8 Å².